The molecule has 1 heterocycles. The summed E-state index contributed by atoms with van der Waals surface area (Å²) in [4.78, 5) is 4.03. The summed E-state index contributed by atoms with van der Waals surface area (Å²) in [6.07, 6.45) is 1.70. The molecule has 0 aliphatic rings. The third-order valence-electron chi connectivity index (χ3n) is 2.35. The highest BCUT2D eigenvalue weighted by Gasteiger charge is 1.97. The van der Waals surface area contributed by atoms with Crippen molar-refractivity contribution in [1.29, 1.82) is 0 Å². The number of ether oxygens (including phenoxy) is 1. The summed E-state index contributed by atoms with van der Waals surface area (Å²) in [6.45, 7) is 1.15. The van der Waals surface area contributed by atoms with Gasteiger partial charge < -0.3 is 10.2 Å². The van der Waals surface area contributed by atoms with Gasteiger partial charge in [-0.15, -0.1) is 0 Å². The van der Waals surface area contributed by atoms with Crippen LogP contribution in [0.1, 0.15) is 11.1 Å². The zero-order chi connectivity index (χ0) is 11.9. The molecule has 0 saturated carbocycles. The smallest absolute Gasteiger partial charge is 0.140 e. The summed E-state index contributed by atoms with van der Waals surface area (Å²) in [5.41, 5.74) is 4.72. The molecule has 0 amide bonds. The predicted molar refractivity (Wildman–Crippen MR) is 67.0 cm³/mol. The first kappa shape index (κ1) is 11.6. The molecule has 17 heavy (non-hydrogen) atoms. The zero-order valence-electron chi connectivity index (χ0n) is 9.47. The van der Waals surface area contributed by atoms with E-state index < -0.39 is 0 Å². The highest BCUT2D eigenvalue weighted by atomic mass is 16.5. The second-order valence-electron chi connectivity index (χ2n) is 3.67. The molecule has 0 aliphatic carbocycles. The van der Waals surface area contributed by atoms with E-state index in [1.165, 1.54) is 5.56 Å². The van der Waals surface area contributed by atoms with Gasteiger partial charge in [-0.25, -0.2) is 10.8 Å². The first-order valence-electron chi connectivity index (χ1n) is 5.41. The maximum atomic E-state index is 5.61. The van der Waals surface area contributed by atoms with Gasteiger partial charge in [0.15, 0.2) is 0 Å². The Morgan fingerprint density at radius 3 is 2.59 bits per heavy atom. The number of hydrogen-bond acceptors (Lipinski definition) is 4. The second-order valence-corrected chi connectivity index (χ2v) is 3.67. The van der Waals surface area contributed by atoms with Crippen molar-refractivity contribution in [2.75, 3.05) is 5.43 Å². The summed E-state index contributed by atoms with van der Waals surface area (Å²) in [7, 11) is 0. The minimum atomic E-state index is 0.548. The first-order chi connectivity index (χ1) is 8.38. The summed E-state index contributed by atoms with van der Waals surface area (Å²) >= 11 is 0. The van der Waals surface area contributed by atoms with Crippen LogP contribution in [-0.4, -0.2) is 4.98 Å². The number of nitrogens with zero attached hydrogens (tertiary/aromatic N) is 1. The summed E-state index contributed by atoms with van der Waals surface area (Å²) < 4.78 is 5.61. The minimum absolute atomic E-state index is 0.548. The number of pyridine rings is 1. The van der Waals surface area contributed by atoms with Crippen molar-refractivity contribution in [1.82, 2.24) is 4.98 Å². The number of nitrogens with two attached hydrogens (primary N) is 1. The van der Waals surface area contributed by atoms with Crippen LogP contribution in [-0.2, 0) is 18.0 Å². The molecule has 1 aromatic heterocycles. The van der Waals surface area contributed by atoms with E-state index in [-0.39, 0.29) is 0 Å². The van der Waals surface area contributed by atoms with Gasteiger partial charge in [0.25, 0.3) is 0 Å². The largest absolute Gasteiger partial charge is 0.372 e. The van der Waals surface area contributed by atoms with Gasteiger partial charge >= 0.3 is 0 Å². The van der Waals surface area contributed by atoms with Gasteiger partial charge in [-0.2, -0.15) is 0 Å². The van der Waals surface area contributed by atoms with E-state index in [0.717, 1.165) is 5.56 Å². The fourth-order valence-electron chi connectivity index (χ4n) is 1.50. The van der Waals surface area contributed by atoms with E-state index in [0.29, 0.717) is 19.0 Å². The van der Waals surface area contributed by atoms with Gasteiger partial charge in [-0.3, -0.25) is 0 Å². The Hall–Kier alpha value is -1.91. The van der Waals surface area contributed by atoms with Crippen LogP contribution < -0.4 is 11.3 Å². The van der Waals surface area contributed by atoms with E-state index in [2.05, 4.69) is 10.4 Å². The van der Waals surface area contributed by atoms with Crippen LogP contribution in [0, 0.1) is 0 Å². The first-order valence-corrected chi connectivity index (χ1v) is 5.41. The van der Waals surface area contributed by atoms with E-state index in [9.17, 15) is 0 Å². The number of benzene rings is 1. The molecule has 3 N–H and O–H groups in total. The normalized spacial score (nSPS) is 10.2. The number of nitrogen functional groups attached to an aromatic ring is 1. The van der Waals surface area contributed by atoms with Gasteiger partial charge in [-0.05, 0) is 23.3 Å². The third kappa shape index (κ3) is 3.55. The molecule has 0 aliphatic heterocycles. The number of rotatable bonds is 5. The Morgan fingerprint density at radius 2 is 1.82 bits per heavy atom. The van der Waals surface area contributed by atoms with Crippen LogP contribution in [0.2, 0.25) is 0 Å². The molecule has 2 aromatic rings. The molecular weight excluding hydrogens is 214 g/mol. The number of hydrazine groups is 1. The quantitative estimate of drug-likeness (QED) is 0.608. The fourth-order valence-corrected chi connectivity index (χ4v) is 1.50. The average molecular weight is 229 g/mol. The zero-order valence-corrected chi connectivity index (χ0v) is 9.47. The maximum absolute atomic E-state index is 5.61. The molecule has 0 unspecified atom stereocenters. The summed E-state index contributed by atoms with van der Waals surface area (Å²) in [5.74, 6) is 5.93. The van der Waals surface area contributed by atoms with E-state index in [4.69, 9.17) is 10.6 Å². The average Bonchev–Trinajstić information content (AvgIpc) is 2.40. The van der Waals surface area contributed by atoms with Gasteiger partial charge in [0.2, 0.25) is 0 Å². The van der Waals surface area contributed by atoms with Crippen LogP contribution in [0.4, 0.5) is 5.82 Å². The summed E-state index contributed by atoms with van der Waals surface area (Å²) in [6, 6.07) is 13.9. The van der Waals surface area contributed by atoms with Crippen molar-refractivity contribution in [2.45, 2.75) is 13.2 Å². The number of hydrogen-bond donors (Lipinski definition) is 2. The monoisotopic (exact) mass is 229 g/mol. The Balaban J connectivity index is 1.86. The molecule has 2 rings (SSSR count). The molecule has 0 saturated heterocycles. The molecule has 4 heteroatoms. The Kier molecular flexibility index (Phi) is 4.07. The molecular formula is C13H15N3O. The lowest BCUT2D eigenvalue weighted by Gasteiger charge is -2.05. The van der Waals surface area contributed by atoms with Gasteiger partial charge in [0.1, 0.15) is 5.82 Å². The molecule has 0 spiro atoms. The number of aromatic nitrogens is 1. The maximum Gasteiger partial charge on any atom is 0.140 e. The fraction of sp³-hybridized carbons (Fsp3) is 0.154. The highest BCUT2D eigenvalue weighted by molar-refractivity contribution is 5.35. The lowest BCUT2D eigenvalue weighted by molar-refractivity contribution is 0.107. The van der Waals surface area contributed by atoms with Crippen LogP contribution in [0.15, 0.2) is 48.7 Å². The molecule has 4 nitrogen and oxygen atoms in total. The van der Waals surface area contributed by atoms with E-state index in [1.807, 2.05) is 42.5 Å². The van der Waals surface area contributed by atoms with Gasteiger partial charge in [0, 0.05) is 6.20 Å². The lowest BCUT2D eigenvalue weighted by atomic mass is 10.2. The molecule has 0 fully saturated rings. The third-order valence-corrected chi connectivity index (χ3v) is 2.35. The van der Waals surface area contributed by atoms with Crippen molar-refractivity contribution >= 4 is 5.82 Å². The Morgan fingerprint density at radius 1 is 1.06 bits per heavy atom. The standard InChI is InChI=1S/C13H15N3O/c14-16-13-8-12(6-7-15-13)10-17-9-11-4-2-1-3-5-11/h1-8H,9-10,14H2,(H,15,16). The molecule has 88 valence electrons. The van der Waals surface area contributed by atoms with E-state index in [1.54, 1.807) is 6.20 Å². The van der Waals surface area contributed by atoms with Crippen molar-refractivity contribution in [2.24, 2.45) is 5.84 Å². The molecule has 0 atom stereocenters. The van der Waals surface area contributed by atoms with Crippen molar-refractivity contribution in [3.8, 4) is 0 Å². The SMILES string of the molecule is NNc1cc(COCc2ccccc2)ccn1. The van der Waals surface area contributed by atoms with Crippen LogP contribution in [0.5, 0.6) is 0 Å². The second kappa shape index (κ2) is 5.98. The minimum Gasteiger partial charge on any atom is -0.372 e. The van der Waals surface area contributed by atoms with Gasteiger partial charge in [-0.1, -0.05) is 30.3 Å². The Labute approximate surface area is 100 Å². The van der Waals surface area contributed by atoms with Crippen LogP contribution in [0.25, 0.3) is 0 Å². The Bertz CT molecular complexity index is 459. The number of anilines is 1. The topological polar surface area (TPSA) is 60.2 Å². The van der Waals surface area contributed by atoms with E-state index >= 15 is 0 Å². The lowest BCUT2D eigenvalue weighted by Crippen LogP contribution is -2.08. The van der Waals surface area contributed by atoms with Crippen LogP contribution in [0.3, 0.4) is 0 Å². The summed E-state index contributed by atoms with van der Waals surface area (Å²) in [5, 5.41) is 0. The highest BCUT2D eigenvalue weighted by Crippen LogP contribution is 2.08. The predicted octanol–water partition coefficient (Wildman–Crippen LogP) is 2.08. The van der Waals surface area contributed by atoms with Crippen molar-refractivity contribution in [3.05, 3.63) is 59.8 Å². The van der Waals surface area contributed by atoms with Crippen molar-refractivity contribution < 1.29 is 4.74 Å². The number of nitrogens with one attached hydrogen (secondary N) is 1. The van der Waals surface area contributed by atoms with Crippen LogP contribution >= 0.6 is 0 Å². The van der Waals surface area contributed by atoms with Gasteiger partial charge in [0.05, 0.1) is 13.2 Å². The van der Waals surface area contributed by atoms with Crippen molar-refractivity contribution in [3.63, 3.8) is 0 Å². The molecule has 0 radical (unpaired) electrons. The molecule has 0 bridgehead atoms. The molecule has 1 aromatic carbocycles.